The minimum Gasteiger partial charge on any atom is -0.333 e. The predicted octanol–water partition coefficient (Wildman–Crippen LogP) is 3.02. The van der Waals surface area contributed by atoms with E-state index in [0.717, 1.165) is 17.7 Å². The number of quaternary nitrogens is 1. The second kappa shape index (κ2) is 7.48. The van der Waals surface area contributed by atoms with Crippen LogP contribution in [0.25, 0.3) is 0 Å². The van der Waals surface area contributed by atoms with Crippen LogP contribution in [0.5, 0.6) is 0 Å². The number of hydrogen-bond donors (Lipinski definition) is 2. The molecular weight excluding hydrogens is 329 g/mol. The topological polar surface area (TPSA) is 45.7 Å². The Morgan fingerprint density at radius 1 is 1.13 bits per heavy atom. The Balaban J connectivity index is 1.93. The highest BCUT2D eigenvalue weighted by molar-refractivity contribution is 6.30. The van der Waals surface area contributed by atoms with E-state index in [1.165, 1.54) is 0 Å². The van der Waals surface area contributed by atoms with Crippen LogP contribution in [0.15, 0.2) is 36.4 Å². The second-order valence-electron chi connectivity index (χ2n) is 5.05. The summed E-state index contributed by atoms with van der Waals surface area (Å²) in [5.41, 5.74) is 0.586. The number of carbonyl (C=O) groups excluding carboxylic acids is 1. The monoisotopic (exact) mass is 343 g/mol. The molecule has 0 radical (unpaired) electrons. The molecular formula is C16H15ClF3N2O+. The quantitative estimate of drug-likeness (QED) is 0.805. The van der Waals surface area contributed by atoms with E-state index in [2.05, 4.69) is 5.32 Å². The second-order valence-corrected chi connectivity index (χ2v) is 5.49. The molecule has 3 nitrogen and oxygen atoms in total. The highest BCUT2D eigenvalue weighted by atomic mass is 35.5. The van der Waals surface area contributed by atoms with Gasteiger partial charge in [-0.25, -0.2) is 13.2 Å². The maximum Gasteiger partial charge on any atom is 0.279 e. The zero-order valence-corrected chi connectivity index (χ0v) is 13.0. The van der Waals surface area contributed by atoms with Crippen molar-refractivity contribution in [1.29, 1.82) is 0 Å². The lowest BCUT2D eigenvalue weighted by Gasteiger charge is -2.12. The standard InChI is InChI=1S/C16H14ClF3N2O/c1-9(10-2-4-11(17)5-3-10)21-8-14(23)22-13-7-6-12(18)15(19)16(13)20/h2-7,9,21H,8H2,1H3,(H,22,23)/p+1/t9-/m1/s1. The average molecular weight is 344 g/mol. The van der Waals surface area contributed by atoms with Crippen molar-refractivity contribution in [1.82, 2.24) is 0 Å². The van der Waals surface area contributed by atoms with Gasteiger partial charge < -0.3 is 10.6 Å². The van der Waals surface area contributed by atoms with E-state index in [9.17, 15) is 18.0 Å². The summed E-state index contributed by atoms with van der Waals surface area (Å²) in [6, 6.07) is 8.90. The first-order valence-corrected chi connectivity index (χ1v) is 7.28. The summed E-state index contributed by atoms with van der Waals surface area (Å²) in [4.78, 5) is 11.8. The maximum atomic E-state index is 13.5. The van der Waals surface area contributed by atoms with E-state index in [1.54, 1.807) is 17.4 Å². The van der Waals surface area contributed by atoms with Gasteiger partial charge in [-0.05, 0) is 31.2 Å². The van der Waals surface area contributed by atoms with Crippen LogP contribution in [0.2, 0.25) is 5.02 Å². The van der Waals surface area contributed by atoms with Gasteiger partial charge in [0.15, 0.2) is 24.0 Å². The maximum absolute atomic E-state index is 13.5. The third kappa shape index (κ3) is 4.46. The van der Waals surface area contributed by atoms with Crippen LogP contribution in [-0.4, -0.2) is 12.5 Å². The SMILES string of the molecule is C[C@@H]([NH2+]CC(=O)Nc1ccc(F)c(F)c1F)c1ccc(Cl)cc1. The summed E-state index contributed by atoms with van der Waals surface area (Å²) in [5.74, 6) is -4.84. The predicted molar refractivity (Wildman–Crippen MR) is 81.6 cm³/mol. The third-order valence-corrected chi connectivity index (χ3v) is 3.61. The summed E-state index contributed by atoms with van der Waals surface area (Å²) in [6.45, 7) is 1.90. The van der Waals surface area contributed by atoms with Gasteiger partial charge in [-0.2, -0.15) is 0 Å². The van der Waals surface area contributed by atoms with Gasteiger partial charge >= 0.3 is 0 Å². The molecule has 0 aliphatic rings. The molecule has 1 atom stereocenters. The highest BCUT2D eigenvalue weighted by Crippen LogP contribution is 2.19. The fraction of sp³-hybridized carbons (Fsp3) is 0.188. The lowest BCUT2D eigenvalue weighted by molar-refractivity contribution is -0.682. The van der Waals surface area contributed by atoms with Crippen molar-refractivity contribution in [2.75, 3.05) is 11.9 Å². The Labute approximate surface area is 136 Å². The van der Waals surface area contributed by atoms with E-state index >= 15 is 0 Å². The molecule has 1 amide bonds. The molecule has 0 heterocycles. The zero-order chi connectivity index (χ0) is 17.0. The van der Waals surface area contributed by atoms with Crippen molar-refractivity contribution < 1.29 is 23.3 Å². The van der Waals surface area contributed by atoms with Crippen LogP contribution < -0.4 is 10.6 Å². The summed E-state index contributed by atoms with van der Waals surface area (Å²) in [5, 5.41) is 4.57. The van der Waals surface area contributed by atoms with Gasteiger partial charge in [0.1, 0.15) is 6.04 Å². The van der Waals surface area contributed by atoms with Gasteiger partial charge in [-0.1, -0.05) is 23.7 Å². The minimum absolute atomic E-state index is 0.00221. The lowest BCUT2D eigenvalue weighted by Crippen LogP contribution is -2.86. The van der Waals surface area contributed by atoms with E-state index in [1.807, 2.05) is 19.1 Å². The van der Waals surface area contributed by atoms with Gasteiger partial charge in [0.2, 0.25) is 0 Å². The Morgan fingerprint density at radius 2 is 1.78 bits per heavy atom. The number of carbonyl (C=O) groups is 1. The van der Waals surface area contributed by atoms with Crippen LogP contribution in [0.4, 0.5) is 18.9 Å². The molecule has 0 unspecified atom stereocenters. The number of rotatable bonds is 5. The first-order valence-electron chi connectivity index (χ1n) is 6.90. The molecule has 122 valence electrons. The molecule has 0 saturated carbocycles. The van der Waals surface area contributed by atoms with Crippen LogP contribution in [0, 0.1) is 17.5 Å². The lowest BCUT2D eigenvalue weighted by atomic mass is 10.1. The fourth-order valence-corrected chi connectivity index (χ4v) is 2.14. The molecule has 0 aromatic heterocycles. The molecule has 0 spiro atoms. The Bertz CT molecular complexity index is 707. The molecule has 0 saturated heterocycles. The van der Waals surface area contributed by atoms with Crippen LogP contribution >= 0.6 is 11.6 Å². The van der Waals surface area contributed by atoms with Gasteiger partial charge in [-0.3, -0.25) is 4.79 Å². The molecule has 0 aliphatic carbocycles. The number of nitrogens with two attached hydrogens (primary N) is 1. The normalized spacial score (nSPS) is 12.0. The first-order chi connectivity index (χ1) is 10.9. The largest absolute Gasteiger partial charge is 0.333 e. The number of anilines is 1. The molecule has 2 rings (SSSR count). The van der Waals surface area contributed by atoms with Crippen LogP contribution in [-0.2, 0) is 4.79 Å². The summed E-state index contributed by atoms with van der Waals surface area (Å²) < 4.78 is 39.4. The molecule has 23 heavy (non-hydrogen) atoms. The molecule has 0 aliphatic heterocycles. The van der Waals surface area contributed by atoms with Crippen LogP contribution in [0.3, 0.4) is 0 Å². The number of nitrogens with one attached hydrogen (secondary N) is 1. The van der Waals surface area contributed by atoms with Crippen LogP contribution in [0.1, 0.15) is 18.5 Å². The van der Waals surface area contributed by atoms with E-state index < -0.39 is 23.4 Å². The van der Waals surface area contributed by atoms with Crippen molar-refractivity contribution in [2.24, 2.45) is 0 Å². The number of hydrogen-bond acceptors (Lipinski definition) is 1. The van der Waals surface area contributed by atoms with Gasteiger partial charge in [0.25, 0.3) is 5.91 Å². The van der Waals surface area contributed by atoms with Gasteiger partial charge in [-0.15, -0.1) is 0 Å². The van der Waals surface area contributed by atoms with E-state index in [-0.39, 0.29) is 18.3 Å². The van der Waals surface area contributed by atoms with E-state index in [0.29, 0.717) is 5.02 Å². The Kier molecular flexibility index (Phi) is 5.63. The number of benzene rings is 2. The number of amides is 1. The average Bonchev–Trinajstić information content (AvgIpc) is 2.54. The summed E-state index contributed by atoms with van der Waals surface area (Å²) >= 11 is 5.81. The number of halogens is 4. The van der Waals surface area contributed by atoms with Crippen molar-refractivity contribution in [3.05, 3.63) is 64.4 Å². The Morgan fingerprint density at radius 3 is 2.43 bits per heavy atom. The molecule has 3 N–H and O–H groups in total. The molecule has 2 aromatic rings. The van der Waals surface area contributed by atoms with Crippen molar-refractivity contribution in [2.45, 2.75) is 13.0 Å². The van der Waals surface area contributed by atoms with Crippen molar-refractivity contribution >= 4 is 23.2 Å². The van der Waals surface area contributed by atoms with E-state index in [4.69, 9.17) is 11.6 Å². The fourth-order valence-electron chi connectivity index (χ4n) is 2.01. The third-order valence-electron chi connectivity index (χ3n) is 3.36. The minimum atomic E-state index is -1.61. The Hall–Kier alpha value is -2.05. The summed E-state index contributed by atoms with van der Waals surface area (Å²) in [6.07, 6.45) is 0. The zero-order valence-electron chi connectivity index (χ0n) is 12.2. The molecule has 0 bridgehead atoms. The molecule has 2 aromatic carbocycles. The van der Waals surface area contributed by atoms with Crippen molar-refractivity contribution in [3.8, 4) is 0 Å². The highest BCUT2D eigenvalue weighted by Gasteiger charge is 2.17. The van der Waals surface area contributed by atoms with Gasteiger partial charge in [0.05, 0.1) is 5.69 Å². The molecule has 7 heteroatoms. The molecule has 0 fully saturated rings. The smallest absolute Gasteiger partial charge is 0.279 e. The van der Waals surface area contributed by atoms with Gasteiger partial charge in [0, 0.05) is 10.6 Å². The van der Waals surface area contributed by atoms with Crippen molar-refractivity contribution in [3.63, 3.8) is 0 Å². The summed E-state index contributed by atoms with van der Waals surface area (Å²) in [7, 11) is 0. The first kappa shape index (κ1) is 17.3.